The summed E-state index contributed by atoms with van der Waals surface area (Å²) in [5.74, 6) is -1.83. The number of hydrogen-bond donors (Lipinski definition) is 2. The van der Waals surface area contributed by atoms with Crippen LogP contribution in [0.15, 0.2) is 48.5 Å². The van der Waals surface area contributed by atoms with Gasteiger partial charge >= 0.3 is 12.1 Å². The standard InChI is InChI=1S/C24H21F5N4O3/c1-13(15-5-7-16(8-6-15)23(35)36)30-21(34)18-19(20(25)26)31-33-10-9-32(22(18)33)12-14-3-2-4-17(11-14)24(27,28)29/h2-8,11,13,20H,9-10,12H2,1H3,(H,30,34)(H,35,36). The Balaban J connectivity index is 1.61. The highest BCUT2D eigenvalue weighted by molar-refractivity contribution is 6.01. The molecule has 12 heteroatoms. The monoisotopic (exact) mass is 508 g/mol. The molecule has 1 aliphatic heterocycles. The number of aromatic nitrogens is 2. The predicted octanol–water partition coefficient (Wildman–Crippen LogP) is 5.05. The Labute approximate surface area is 202 Å². The molecular weight excluding hydrogens is 487 g/mol. The molecule has 190 valence electrons. The molecule has 1 aromatic heterocycles. The van der Waals surface area contributed by atoms with E-state index < -0.39 is 41.8 Å². The van der Waals surface area contributed by atoms with Crippen LogP contribution in [0.4, 0.5) is 27.8 Å². The van der Waals surface area contributed by atoms with Crippen LogP contribution >= 0.6 is 0 Å². The Morgan fingerprint density at radius 2 is 1.81 bits per heavy atom. The van der Waals surface area contributed by atoms with Crippen molar-refractivity contribution in [1.82, 2.24) is 15.1 Å². The summed E-state index contributed by atoms with van der Waals surface area (Å²) in [5, 5.41) is 15.6. The highest BCUT2D eigenvalue weighted by Crippen LogP contribution is 2.36. The molecule has 0 aliphatic carbocycles. The lowest BCUT2D eigenvalue weighted by Crippen LogP contribution is -2.30. The van der Waals surface area contributed by atoms with Gasteiger partial charge in [0.25, 0.3) is 12.3 Å². The van der Waals surface area contributed by atoms with Crippen molar-refractivity contribution in [2.24, 2.45) is 0 Å². The fourth-order valence-corrected chi connectivity index (χ4v) is 4.13. The van der Waals surface area contributed by atoms with Crippen molar-refractivity contribution in [3.8, 4) is 0 Å². The van der Waals surface area contributed by atoms with Gasteiger partial charge in [0.05, 0.1) is 23.7 Å². The van der Waals surface area contributed by atoms with Crippen LogP contribution in [0.1, 0.15) is 62.5 Å². The first-order chi connectivity index (χ1) is 17.0. The van der Waals surface area contributed by atoms with Gasteiger partial charge in [0.1, 0.15) is 17.1 Å². The van der Waals surface area contributed by atoms with Gasteiger partial charge < -0.3 is 15.3 Å². The third-order valence-corrected chi connectivity index (χ3v) is 5.90. The average Bonchev–Trinajstić information content (AvgIpc) is 3.39. The molecule has 0 radical (unpaired) electrons. The number of rotatable bonds is 7. The number of anilines is 1. The lowest BCUT2D eigenvalue weighted by atomic mass is 10.1. The van der Waals surface area contributed by atoms with E-state index in [1.165, 1.54) is 41.1 Å². The molecule has 0 fully saturated rings. The van der Waals surface area contributed by atoms with E-state index in [2.05, 4.69) is 10.4 Å². The number of fused-ring (bicyclic) bond motifs is 1. The first-order valence-corrected chi connectivity index (χ1v) is 10.9. The topological polar surface area (TPSA) is 87.5 Å². The number of benzene rings is 2. The lowest BCUT2D eigenvalue weighted by molar-refractivity contribution is -0.137. The van der Waals surface area contributed by atoms with Gasteiger partial charge in [0.15, 0.2) is 0 Å². The number of carboxylic acid groups (broad SMARTS) is 1. The molecule has 0 saturated heterocycles. The zero-order valence-electron chi connectivity index (χ0n) is 18.9. The Hall–Kier alpha value is -3.96. The molecule has 1 aliphatic rings. The van der Waals surface area contributed by atoms with Crippen LogP contribution in [0.2, 0.25) is 0 Å². The van der Waals surface area contributed by atoms with Crippen molar-refractivity contribution in [1.29, 1.82) is 0 Å². The van der Waals surface area contributed by atoms with E-state index >= 15 is 0 Å². The van der Waals surface area contributed by atoms with E-state index in [9.17, 15) is 31.5 Å². The van der Waals surface area contributed by atoms with Gasteiger partial charge in [-0.3, -0.25) is 4.79 Å². The third-order valence-electron chi connectivity index (χ3n) is 5.90. The Kier molecular flexibility index (Phi) is 6.70. The van der Waals surface area contributed by atoms with Gasteiger partial charge in [-0.05, 0) is 42.3 Å². The van der Waals surface area contributed by atoms with E-state index in [4.69, 9.17) is 5.11 Å². The predicted molar refractivity (Wildman–Crippen MR) is 119 cm³/mol. The smallest absolute Gasteiger partial charge is 0.416 e. The minimum absolute atomic E-state index is 0.0369. The molecule has 1 atom stereocenters. The summed E-state index contributed by atoms with van der Waals surface area (Å²) in [6.45, 7) is 2.03. The van der Waals surface area contributed by atoms with E-state index in [1.807, 2.05) is 0 Å². The maximum atomic E-state index is 13.8. The summed E-state index contributed by atoms with van der Waals surface area (Å²) >= 11 is 0. The van der Waals surface area contributed by atoms with Crippen molar-refractivity contribution in [3.05, 3.63) is 82.0 Å². The van der Waals surface area contributed by atoms with Crippen molar-refractivity contribution < 1.29 is 36.6 Å². The number of nitrogens with zero attached hydrogens (tertiary/aromatic N) is 3. The molecule has 0 spiro atoms. The number of hydrogen-bond acceptors (Lipinski definition) is 4. The van der Waals surface area contributed by atoms with Gasteiger partial charge in [0, 0.05) is 13.1 Å². The second-order valence-corrected chi connectivity index (χ2v) is 8.35. The van der Waals surface area contributed by atoms with Crippen LogP contribution in [0.25, 0.3) is 0 Å². The fraction of sp³-hybridized carbons (Fsp3) is 0.292. The lowest BCUT2D eigenvalue weighted by Gasteiger charge is -2.21. The first-order valence-electron chi connectivity index (χ1n) is 10.9. The molecule has 0 saturated carbocycles. The maximum Gasteiger partial charge on any atom is 0.416 e. The minimum Gasteiger partial charge on any atom is -0.478 e. The van der Waals surface area contributed by atoms with Gasteiger partial charge in [-0.15, -0.1) is 0 Å². The number of nitrogens with one attached hydrogen (secondary N) is 1. The Morgan fingerprint density at radius 3 is 2.42 bits per heavy atom. The largest absolute Gasteiger partial charge is 0.478 e. The van der Waals surface area contributed by atoms with Crippen LogP contribution < -0.4 is 10.2 Å². The molecule has 2 aromatic carbocycles. The van der Waals surface area contributed by atoms with E-state index in [-0.39, 0.29) is 36.6 Å². The van der Waals surface area contributed by atoms with Gasteiger partial charge in [-0.2, -0.15) is 18.3 Å². The molecule has 4 rings (SSSR count). The SMILES string of the molecule is CC(NC(=O)c1c(C(F)F)nn2c1N(Cc1cccc(C(F)(F)F)c1)CC2)c1ccc(C(=O)O)cc1. The summed E-state index contributed by atoms with van der Waals surface area (Å²) in [7, 11) is 0. The number of amides is 1. The third kappa shape index (κ3) is 5.02. The summed E-state index contributed by atoms with van der Waals surface area (Å²) in [4.78, 5) is 25.8. The quantitative estimate of drug-likeness (QED) is 0.437. The number of halogens is 5. The number of alkyl halides is 5. The van der Waals surface area contributed by atoms with E-state index in [1.54, 1.807) is 11.8 Å². The molecule has 3 aromatic rings. The van der Waals surface area contributed by atoms with Crippen molar-refractivity contribution in [2.45, 2.75) is 38.7 Å². The van der Waals surface area contributed by atoms with Gasteiger partial charge in [-0.1, -0.05) is 24.3 Å². The molecule has 36 heavy (non-hydrogen) atoms. The second-order valence-electron chi connectivity index (χ2n) is 8.35. The molecular formula is C24H21F5N4O3. The van der Waals surface area contributed by atoms with Gasteiger partial charge in [0.2, 0.25) is 0 Å². The van der Waals surface area contributed by atoms with Crippen molar-refractivity contribution in [3.63, 3.8) is 0 Å². The molecule has 1 amide bonds. The molecule has 0 bridgehead atoms. The van der Waals surface area contributed by atoms with Gasteiger partial charge in [-0.25, -0.2) is 18.3 Å². The number of aromatic carboxylic acids is 1. The number of carbonyl (C=O) groups excluding carboxylic acids is 1. The number of carboxylic acids is 1. The maximum absolute atomic E-state index is 13.8. The van der Waals surface area contributed by atoms with E-state index in [0.29, 0.717) is 11.1 Å². The van der Waals surface area contributed by atoms with Crippen molar-refractivity contribution in [2.75, 3.05) is 11.4 Å². The van der Waals surface area contributed by atoms with E-state index in [0.717, 1.165) is 12.1 Å². The van der Waals surface area contributed by atoms with Crippen LogP contribution in [0.3, 0.4) is 0 Å². The first kappa shape index (κ1) is 25.1. The fourth-order valence-electron chi connectivity index (χ4n) is 4.13. The summed E-state index contributed by atoms with van der Waals surface area (Å²) in [5.41, 5.74) is -0.986. The zero-order valence-corrected chi connectivity index (χ0v) is 18.9. The van der Waals surface area contributed by atoms with Crippen LogP contribution in [0, 0.1) is 0 Å². The number of carbonyl (C=O) groups is 2. The normalized spacial score (nSPS) is 14.1. The van der Waals surface area contributed by atoms with Crippen LogP contribution in [-0.4, -0.2) is 33.3 Å². The average molecular weight is 508 g/mol. The minimum atomic E-state index is -4.53. The Morgan fingerprint density at radius 1 is 1.11 bits per heavy atom. The molecule has 1 unspecified atom stereocenters. The zero-order chi connectivity index (χ0) is 26.2. The van der Waals surface area contributed by atoms with Crippen LogP contribution in [0.5, 0.6) is 0 Å². The summed E-state index contributed by atoms with van der Waals surface area (Å²) in [6.07, 6.45) is -7.58. The second kappa shape index (κ2) is 9.59. The Bertz CT molecular complexity index is 1290. The molecule has 7 nitrogen and oxygen atoms in total. The van der Waals surface area contributed by atoms with Crippen molar-refractivity contribution >= 4 is 17.7 Å². The summed E-state index contributed by atoms with van der Waals surface area (Å²) in [6, 6.07) is 9.76. The highest BCUT2D eigenvalue weighted by Gasteiger charge is 2.36. The molecule has 2 N–H and O–H groups in total. The summed E-state index contributed by atoms with van der Waals surface area (Å²) < 4.78 is 68.2. The highest BCUT2D eigenvalue weighted by atomic mass is 19.4. The molecule has 2 heterocycles. The van der Waals surface area contributed by atoms with Crippen LogP contribution in [-0.2, 0) is 19.3 Å².